The third-order valence-corrected chi connectivity index (χ3v) is 4.33. The molecule has 3 rings (SSSR count). The van der Waals surface area contributed by atoms with E-state index in [1.165, 1.54) is 17.1 Å². The smallest absolute Gasteiger partial charge is 0.260 e. The fraction of sp³-hybridized carbons (Fsp3) is 0.400. The third kappa shape index (κ3) is 3.05. The van der Waals surface area contributed by atoms with E-state index in [4.69, 9.17) is 4.74 Å². The molecule has 0 N–H and O–H groups in total. The number of hydrogen-bond donors (Lipinski definition) is 0. The van der Waals surface area contributed by atoms with Gasteiger partial charge in [-0.2, -0.15) is 4.37 Å². The second-order valence-corrected chi connectivity index (χ2v) is 5.75. The Morgan fingerprint density at radius 3 is 3.24 bits per heavy atom. The van der Waals surface area contributed by atoms with Gasteiger partial charge in [0.1, 0.15) is 0 Å². The van der Waals surface area contributed by atoms with Crippen molar-refractivity contribution in [2.75, 3.05) is 13.7 Å². The van der Waals surface area contributed by atoms with Gasteiger partial charge in [0.15, 0.2) is 6.61 Å². The molecule has 1 amide bonds. The lowest BCUT2D eigenvalue weighted by Gasteiger charge is -2.32. The van der Waals surface area contributed by atoms with Crippen LogP contribution in [0.5, 0.6) is 5.88 Å². The molecule has 0 fully saturated rings. The standard InChI is InChI=1S/C15H17N3O2S/c1-18(14(19)10-20-13-7-9-21-17-13)12-6-2-4-11-5-3-8-16-15(11)12/h3,5,7-9,12H,2,4,6,10H2,1H3. The molecule has 0 bridgehead atoms. The molecule has 0 aromatic carbocycles. The van der Waals surface area contributed by atoms with Crippen LogP contribution in [0.4, 0.5) is 0 Å². The summed E-state index contributed by atoms with van der Waals surface area (Å²) in [4.78, 5) is 18.5. The first-order valence-electron chi connectivity index (χ1n) is 6.98. The second-order valence-electron chi connectivity index (χ2n) is 5.09. The highest BCUT2D eigenvalue weighted by molar-refractivity contribution is 7.03. The molecular formula is C15H17N3O2S. The van der Waals surface area contributed by atoms with Gasteiger partial charge in [-0.25, -0.2) is 0 Å². The summed E-state index contributed by atoms with van der Waals surface area (Å²) in [6.07, 6.45) is 4.86. The second kappa shape index (κ2) is 6.22. The lowest BCUT2D eigenvalue weighted by Crippen LogP contribution is -2.36. The number of aryl methyl sites for hydroxylation is 1. The number of rotatable bonds is 4. The summed E-state index contributed by atoms with van der Waals surface area (Å²) in [5.74, 6) is 0.454. The minimum Gasteiger partial charge on any atom is -0.467 e. The largest absolute Gasteiger partial charge is 0.467 e. The number of likely N-dealkylation sites (N-methyl/N-ethyl adjacent to an activating group) is 1. The fourth-order valence-corrected chi connectivity index (χ4v) is 3.10. The van der Waals surface area contributed by atoms with E-state index in [0.717, 1.165) is 25.0 Å². The summed E-state index contributed by atoms with van der Waals surface area (Å²) in [6.45, 7) is 0.0128. The van der Waals surface area contributed by atoms with E-state index in [-0.39, 0.29) is 18.6 Å². The Balaban J connectivity index is 1.67. The van der Waals surface area contributed by atoms with Gasteiger partial charge in [0.05, 0.1) is 11.7 Å². The van der Waals surface area contributed by atoms with Crippen LogP contribution in [0.2, 0.25) is 0 Å². The quantitative estimate of drug-likeness (QED) is 0.870. The Hall–Kier alpha value is -1.95. The number of carbonyl (C=O) groups is 1. The molecule has 6 heteroatoms. The van der Waals surface area contributed by atoms with Crippen molar-refractivity contribution >= 4 is 17.4 Å². The van der Waals surface area contributed by atoms with Crippen LogP contribution in [0, 0.1) is 0 Å². The molecule has 1 aliphatic rings. The van der Waals surface area contributed by atoms with Gasteiger partial charge >= 0.3 is 0 Å². The number of hydrogen-bond acceptors (Lipinski definition) is 5. The summed E-state index contributed by atoms with van der Waals surface area (Å²) in [5, 5.41) is 1.82. The van der Waals surface area contributed by atoms with Crippen molar-refractivity contribution in [2.24, 2.45) is 0 Å². The number of fused-ring (bicyclic) bond motifs is 1. The highest BCUT2D eigenvalue weighted by atomic mass is 32.1. The van der Waals surface area contributed by atoms with Crippen molar-refractivity contribution in [3.63, 3.8) is 0 Å². The molecule has 1 atom stereocenters. The van der Waals surface area contributed by atoms with Gasteiger partial charge < -0.3 is 9.64 Å². The van der Waals surface area contributed by atoms with Crippen molar-refractivity contribution in [3.8, 4) is 5.88 Å². The Kier molecular flexibility index (Phi) is 4.15. The summed E-state index contributed by atoms with van der Waals surface area (Å²) in [5.41, 5.74) is 2.27. The van der Waals surface area contributed by atoms with E-state index < -0.39 is 0 Å². The molecule has 0 spiro atoms. The van der Waals surface area contributed by atoms with Gasteiger partial charge in [0, 0.05) is 24.7 Å². The maximum Gasteiger partial charge on any atom is 0.260 e. The molecule has 2 heterocycles. The first-order chi connectivity index (χ1) is 10.3. The molecule has 2 aromatic rings. The summed E-state index contributed by atoms with van der Waals surface area (Å²) >= 11 is 1.31. The number of aromatic nitrogens is 2. The van der Waals surface area contributed by atoms with Crippen molar-refractivity contribution in [3.05, 3.63) is 41.0 Å². The topological polar surface area (TPSA) is 55.3 Å². The van der Waals surface area contributed by atoms with Gasteiger partial charge in [-0.1, -0.05) is 6.07 Å². The van der Waals surface area contributed by atoms with Crippen LogP contribution in [-0.4, -0.2) is 33.8 Å². The van der Waals surface area contributed by atoms with Crippen LogP contribution in [0.25, 0.3) is 0 Å². The summed E-state index contributed by atoms with van der Waals surface area (Å²) < 4.78 is 9.43. The van der Waals surface area contributed by atoms with E-state index in [9.17, 15) is 4.79 Å². The lowest BCUT2D eigenvalue weighted by molar-refractivity contribution is -0.134. The molecule has 0 aliphatic heterocycles. The number of pyridine rings is 1. The maximum atomic E-state index is 12.3. The van der Waals surface area contributed by atoms with Crippen LogP contribution in [0.15, 0.2) is 29.8 Å². The SMILES string of the molecule is CN(C(=O)COc1ccsn1)C1CCCc2cccnc21. The molecule has 0 saturated carbocycles. The van der Waals surface area contributed by atoms with E-state index in [1.807, 2.05) is 18.5 Å². The lowest BCUT2D eigenvalue weighted by atomic mass is 9.91. The molecule has 2 aromatic heterocycles. The summed E-state index contributed by atoms with van der Waals surface area (Å²) in [6, 6.07) is 5.85. The van der Waals surface area contributed by atoms with Crippen LogP contribution in [0.1, 0.15) is 30.1 Å². The number of nitrogens with zero attached hydrogens (tertiary/aromatic N) is 3. The molecule has 1 aliphatic carbocycles. The average Bonchev–Trinajstić information content (AvgIpc) is 3.05. The average molecular weight is 303 g/mol. The monoisotopic (exact) mass is 303 g/mol. The zero-order chi connectivity index (χ0) is 14.7. The third-order valence-electron chi connectivity index (χ3n) is 3.78. The molecule has 110 valence electrons. The Morgan fingerprint density at radius 1 is 1.52 bits per heavy atom. The van der Waals surface area contributed by atoms with Crippen LogP contribution >= 0.6 is 11.5 Å². The number of ether oxygens (including phenoxy) is 1. The zero-order valence-electron chi connectivity index (χ0n) is 11.9. The predicted molar refractivity (Wildman–Crippen MR) is 80.3 cm³/mol. The molecule has 5 nitrogen and oxygen atoms in total. The van der Waals surface area contributed by atoms with Crippen molar-refractivity contribution in [2.45, 2.75) is 25.3 Å². The maximum absolute atomic E-state index is 12.3. The minimum atomic E-state index is -0.0495. The normalized spacial score (nSPS) is 17.1. The Morgan fingerprint density at radius 2 is 2.43 bits per heavy atom. The van der Waals surface area contributed by atoms with E-state index in [1.54, 1.807) is 17.2 Å². The van der Waals surface area contributed by atoms with Crippen LogP contribution in [0.3, 0.4) is 0 Å². The predicted octanol–water partition coefficient (Wildman–Crippen LogP) is 2.45. The molecule has 0 saturated heterocycles. The molecule has 0 radical (unpaired) electrons. The van der Waals surface area contributed by atoms with Gasteiger partial charge in [-0.3, -0.25) is 9.78 Å². The molecule has 1 unspecified atom stereocenters. The van der Waals surface area contributed by atoms with Crippen LogP contribution < -0.4 is 4.74 Å². The van der Waals surface area contributed by atoms with E-state index in [2.05, 4.69) is 15.4 Å². The molecular weight excluding hydrogens is 286 g/mol. The minimum absolute atomic E-state index is 0.0128. The van der Waals surface area contributed by atoms with E-state index >= 15 is 0 Å². The van der Waals surface area contributed by atoms with Crippen molar-refractivity contribution < 1.29 is 9.53 Å². The Labute approximate surface area is 127 Å². The first kappa shape index (κ1) is 14.0. The highest BCUT2D eigenvalue weighted by Crippen LogP contribution is 2.31. The number of amides is 1. The van der Waals surface area contributed by atoms with Crippen molar-refractivity contribution in [1.29, 1.82) is 0 Å². The van der Waals surface area contributed by atoms with E-state index in [0.29, 0.717) is 5.88 Å². The zero-order valence-corrected chi connectivity index (χ0v) is 12.7. The highest BCUT2D eigenvalue weighted by Gasteiger charge is 2.27. The Bertz CT molecular complexity index is 615. The van der Waals surface area contributed by atoms with Gasteiger partial charge in [-0.05, 0) is 42.4 Å². The van der Waals surface area contributed by atoms with Crippen molar-refractivity contribution in [1.82, 2.24) is 14.3 Å². The summed E-state index contributed by atoms with van der Waals surface area (Å²) in [7, 11) is 1.82. The molecule has 21 heavy (non-hydrogen) atoms. The number of carbonyl (C=O) groups excluding carboxylic acids is 1. The van der Waals surface area contributed by atoms with Gasteiger partial charge in [0.2, 0.25) is 5.88 Å². The van der Waals surface area contributed by atoms with Gasteiger partial charge in [-0.15, -0.1) is 0 Å². The first-order valence-corrected chi connectivity index (χ1v) is 7.82. The fourth-order valence-electron chi connectivity index (χ4n) is 2.65. The van der Waals surface area contributed by atoms with Gasteiger partial charge in [0.25, 0.3) is 5.91 Å². The van der Waals surface area contributed by atoms with Crippen LogP contribution in [-0.2, 0) is 11.2 Å².